The Morgan fingerprint density at radius 1 is 1.24 bits per heavy atom. The van der Waals surface area contributed by atoms with E-state index < -0.39 is 12.1 Å². The Kier molecular flexibility index (Phi) is 5.02. The Bertz CT molecular complexity index is 766. The molecule has 0 saturated carbocycles. The quantitative estimate of drug-likeness (QED) is 0.800. The third-order valence-corrected chi connectivity index (χ3v) is 4.25. The molecule has 0 aliphatic carbocycles. The second-order valence-corrected chi connectivity index (χ2v) is 6.36. The van der Waals surface area contributed by atoms with Gasteiger partial charge in [0.1, 0.15) is 6.04 Å². The summed E-state index contributed by atoms with van der Waals surface area (Å²) >= 11 is 0. The molecular formula is C18H23N5O2. The van der Waals surface area contributed by atoms with Crippen LogP contribution in [-0.4, -0.2) is 34.3 Å². The van der Waals surface area contributed by atoms with Crippen LogP contribution in [0.5, 0.6) is 0 Å². The lowest BCUT2D eigenvalue weighted by atomic mass is 10.1. The van der Waals surface area contributed by atoms with Gasteiger partial charge in [-0.05, 0) is 45.2 Å². The number of amides is 3. The molecule has 1 fully saturated rings. The molecule has 0 spiro atoms. The van der Waals surface area contributed by atoms with Gasteiger partial charge in [0.05, 0.1) is 5.69 Å². The van der Waals surface area contributed by atoms with Gasteiger partial charge in [-0.3, -0.25) is 10.1 Å². The fourth-order valence-electron chi connectivity index (χ4n) is 2.87. The summed E-state index contributed by atoms with van der Waals surface area (Å²) < 4.78 is 1.77. The third-order valence-electron chi connectivity index (χ3n) is 4.25. The molecule has 0 radical (unpaired) electrons. The Morgan fingerprint density at radius 3 is 2.76 bits per heavy atom. The highest BCUT2D eigenvalue weighted by molar-refractivity contribution is 5.93. The highest BCUT2D eigenvalue weighted by atomic mass is 16.2. The molecule has 1 aliphatic heterocycles. The van der Waals surface area contributed by atoms with Crippen LogP contribution < -0.4 is 16.0 Å². The molecule has 3 N–H and O–H groups in total. The maximum Gasteiger partial charge on any atom is 0.321 e. The highest BCUT2D eigenvalue weighted by Gasteiger charge is 2.22. The first-order valence-corrected chi connectivity index (χ1v) is 8.52. The number of hydrogen-bond donors (Lipinski definition) is 3. The smallest absolute Gasteiger partial charge is 0.321 e. The Hall–Kier alpha value is -2.83. The molecular weight excluding hydrogens is 318 g/mol. The number of aryl methyl sites for hydroxylation is 2. The van der Waals surface area contributed by atoms with Gasteiger partial charge in [-0.1, -0.05) is 17.7 Å². The third kappa shape index (κ3) is 4.17. The summed E-state index contributed by atoms with van der Waals surface area (Å²) in [6, 6.07) is 8.87. The fourth-order valence-corrected chi connectivity index (χ4v) is 2.87. The predicted molar refractivity (Wildman–Crippen MR) is 95.8 cm³/mol. The number of hydrogen-bond acceptors (Lipinski definition) is 3. The summed E-state index contributed by atoms with van der Waals surface area (Å²) in [5, 5.41) is 12.7. The van der Waals surface area contributed by atoms with Crippen molar-refractivity contribution in [3.05, 3.63) is 41.6 Å². The SMILES string of the molecule is Cc1ccc(-n2nc(NC(=O)NC3CCCCNC3=O)cc2C)cc1. The van der Waals surface area contributed by atoms with Gasteiger partial charge in [-0.25, -0.2) is 9.48 Å². The number of nitrogens with zero attached hydrogens (tertiary/aromatic N) is 2. The number of benzene rings is 1. The van der Waals surface area contributed by atoms with Crippen molar-refractivity contribution in [3.63, 3.8) is 0 Å². The minimum Gasteiger partial charge on any atom is -0.354 e. The van der Waals surface area contributed by atoms with Crippen LogP contribution in [-0.2, 0) is 4.79 Å². The van der Waals surface area contributed by atoms with Gasteiger partial charge in [-0.2, -0.15) is 0 Å². The second kappa shape index (κ2) is 7.38. The molecule has 2 aromatic rings. The van der Waals surface area contributed by atoms with E-state index in [1.807, 2.05) is 38.1 Å². The largest absolute Gasteiger partial charge is 0.354 e. The first-order valence-electron chi connectivity index (χ1n) is 8.52. The zero-order valence-electron chi connectivity index (χ0n) is 14.5. The van der Waals surface area contributed by atoms with Crippen LogP contribution in [0, 0.1) is 13.8 Å². The molecule has 1 aromatic heterocycles. The molecule has 25 heavy (non-hydrogen) atoms. The number of carbonyl (C=O) groups is 2. The van der Waals surface area contributed by atoms with E-state index >= 15 is 0 Å². The summed E-state index contributed by atoms with van der Waals surface area (Å²) in [7, 11) is 0. The van der Waals surface area contributed by atoms with Gasteiger partial charge in [-0.15, -0.1) is 5.10 Å². The predicted octanol–water partition coefficient (Wildman–Crippen LogP) is 2.28. The van der Waals surface area contributed by atoms with Crippen LogP contribution in [0.25, 0.3) is 5.69 Å². The van der Waals surface area contributed by atoms with Crippen LogP contribution >= 0.6 is 0 Å². The molecule has 0 bridgehead atoms. The zero-order chi connectivity index (χ0) is 17.8. The van der Waals surface area contributed by atoms with E-state index in [1.165, 1.54) is 5.56 Å². The Labute approximate surface area is 146 Å². The summed E-state index contributed by atoms with van der Waals surface area (Å²) in [6.45, 7) is 4.62. The summed E-state index contributed by atoms with van der Waals surface area (Å²) in [4.78, 5) is 24.1. The number of rotatable bonds is 3. The number of anilines is 1. The first kappa shape index (κ1) is 17.0. The molecule has 7 heteroatoms. The van der Waals surface area contributed by atoms with Crippen LogP contribution in [0.15, 0.2) is 30.3 Å². The van der Waals surface area contributed by atoms with Crippen molar-refractivity contribution < 1.29 is 9.59 Å². The first-order chi connectivity index (χ1) is 12.0. The van der Waals surface area contributed by atoms with E-state index in [4.69, 9.17) is 0 Å². The molecule has 1 saturated heterocycles. The van der Waals surface area contributed by atoms with E-state index in [0.717, 1.165) is 24.2 Å². The van der Waals surface area contributed by atoms with Crippen molar-refractivity contribution in [3.8, 4) is 5.69 Å². The highest BCUT2D eigenvalue weighted by Crippen LogP contribution is 2.16. The van der Waals surface area contributed by atoms with E-state index in [2.05, 4.69) is 21.0 Å². The van der Waals surface area contributed by atoms with E-state index in [1.54, 1.807) is 10.7 Å². The van der Waals surface area contributed by atoms with Crippen LogP contribution in [0.4, 0.5) is 10.6 Å². The number of urea groups is 1. The average Bonchev–Trinajstić information content (AvgIpc) is 2.81. The fraction of sp³-hybridized carbons (Fsp3) is 0.389. The maximum absolute atomic E-state index is 12.2. The number of carbonyl (C=O) groups excluding carboxylic acids is 2. The minimum absolute atomic E-state index is 0.131. The lowest BCUT2D eigenvalue weighted by Crippen LogP contribution is -2.47. The van der Waals surface area contributed by atoms with Gasteiger partial charge in [0.15, 0.2) is 5.82 Å². The van der Waals surface area contributed by atoms with Gasteiger partial charge in [0, 0.05) is 18.3 Å². The minimum atomic E-state index is -0.497. The van der Waals surface area contributed by atoms with Crippen molar-refractivity contribution in [2.24, 2.45) is 0 Å². The van der Waals surface area contributed by atoms with Crippen molar-refractivity contribution >= 4 is 17.8 Å². The number of aromatic nitrogens is 2. The zero-order valence-corrected chi connectivity index (χ0v) is 14.5. The molecule has 132 valence electrons. The molecule has 3 rings (SSSR count). The summed E-state index contributed by atoms with van der Waals surface area (Å²) in [6.07, 6.45) is 2.49. The monoisotopic (exact) mass is 341 g/mol. The van der Waals surface area contributed by atoms with Gasteiger partial charge in [0.2, 0.25) is 5.91 Å². The van der Waals surface area contributed by atoms with Crippen LogP contribution in [0.1, 0.15) is 30.5 Å². The normalized spacial score (nSPS) is 17.5. The second-order valence-electron chi connectivity index (χ2n) is 6.36. The van der Waals surface area contributed by atoms with Crippen molar-refractivity contribution in [2.45, 2.75) is 39.2 Å². The Balaban J connectivity index is 1.66. The lowest BCUT2D eigenvalue weighted by molar-refractivity contribution is -0.122. The van der Waals surface area contributed by atoms with Gasteiger partial charge < -0.3 is 10.6 Å². The number of nitrogens with one attached hydrogen (secondary N) is 3. The van der Waals surface area contributed by atoms with Gasteiger partial charge >= 0.3 is 6.03 Å². The molecule has 1 unspecified atom stereocenters. The van der Waals surface area contributed by atoms with Crippen molar-refractivity contribution in [1.29, 1.82) is 0 Å². The van der Waals surface area contributed by atoms with E-state index in [0.29, 0.717) is 18.8 Å². The summed E-state index contributed by atoms with van der Waals surface area (Å²) in [5.74, 6) is 0.318. The molecule has 1 atom stereocenters. The van der Waals surface area contributed by atoms with Crippen LogP contribution in [0.2, 0.25) is 0 Å². The van der Waals surface area contributed by atoms with Crippen LogP contribution in [0.3, 0.4) is 0 Å². The molecule has 1 aliphatic rings. The average molecular weight is 341 g/mol. The lowest BCUT2D eigenvalue weighted by Gasteiger charge is -2.15. The standard InChI is InChI=1S/C18H23N5O2/c1-12-6-8-14(9-7-12)23-13(2)11-16(22-23)21-18(25)20-15-5-3-4-10-19-17(15)24/h6-9,11,15H,3-5,10H2,1-2H3,(H,19,24)(H2,20,21,22,25). The topological polar surface area (TPSA) is 88.1 Å². The van der Waals surface area contributed by atoms with E-state index in [9.17, 15) is 9.59 Å². The van der Waals surface area contributed by atoms with Gasteiger partial charge in [0.25, 0.3) is 0 Å². The Morgan fingerprint density at radius 2 is 2.00 bits per heavy atom. The molecule has 2 heterocycles. The molecule has 3 amide bonds. The molecule has 1 aromatic carbocycles. The molecule has 7 nitrogen and oxygen atoms in total. The van der Waals surface area contributed by atoms with Crippen molar-refractivity contribution in [2.75, 3.05) is 11.9 Å². The van der Waals surface area contributed by atoms with Crippen molar-refractivity contribution in [1.82, 2.24) is 20.4 Å². The maximum atomic E-state index is 12.2. The van der Waals surface area contributed by atoms with E-state index in [-0.39, 0.29) is 5.91 Å². The summed E-state index contributed by atoms with van der Waals surface area (Å²) in [5.41, 5.74) is 3.01.